The molecule has 0 saturated heterocycles. The average Bonchev–Trinajstić information content (AvgIpc) is 2.74. The summed E-state index contributed by atoms with van der Waals surface area (Å²) in [5.74, 6) is 0.497. The summed E-state index contributed by atoms with van der Waals surface area (Å²) < 4.78 is 2.98. The third-order valence-electron chi connectivity index (χ3n) is 3.58. The van der Waals surface area contributed by atoms with Crippen molar-refractivity contribution in [2.75, 3.05) is 24.7 Å². The van der Waals surface area contributed by atoms with Gasteiger partial charge in [0.05, 0.1) is 16.7 Å². The molecule has 0 bridgehead atoms. The van der Waals surface area contributed by atoms with Crippen LogP contribution in [-0.4, -0.2) is 23.6 Å². The number of aromatic nitrogens is 2. The fourth-order valence-corrected chi connectivity index (χ4v) is 2.91. The van der Waals surface area contributed by atoms with Crippen LogP contribution < -0.4 is 10.6 Å². The maximum Gasteiger partial charge on any atom is 0.205 e. The molecule has 0 spiro atoms. The number of hydrogen-bond donors (Lipinski definition) is 1. The number of anilines is 2. The third-order valence-corrected chi connectivity index (χ3v) is 4.07. The van der Waals surface area contributed by atoms with Crippen LogP contribution in [0.4, 0.5) is 11.6 Å². The van der Waals surface area contributed by atoms with Gasteiger partial charge in [0, 0.05) is 24.3 Å². The highest BCUT2D eigenvalue weighted by molar-refractivity contribution is 9.10. The number of nitrogen functional groups attached to an aromatic ring is 1. The molecule has 1 heterocycles. The smallest absolute Gasteiger partial charge is 0.205 e. The number of rotatable bonds is 2. The average molecular weight is 345 g/mol. The van der Waals surface area contributed by atoms with E-state index in [0.717, 1.165) is 21.2 Å². The Morgan fingerprint density at radius 1 is 1.14 bits per heavy atom. The Balaban J connectivity index is 2.25. The van der Waals surface area contributed by atoms with Crippen LogP contribution in [0.1, 0.15) is 5.56 Å². The number of nitrogens with zero attached hydrogens (tertiary/aromatic N) is 3. The Bertz CT molecular complexity index is 821. The fourth-order valence-electron chi connectivity index (χ4n) is 2.56. The van der Waals surface area contributed by atoms with Crippen molar-refractivity contribution in [1.82, 2.24) is 9.55 Å². The van der Waals surface area contributed by atoms with E-state index in [1.54, 1.807) is 0 Å². The number of aryl methyl sites for hydroxylation is 1. The van der Waals surface area contributed by atoms with Crippen molar-refractivity contribution in [3.05, 3.63) is 46.4 Å². The molecule has 2 aromatic carbocycles. The molecular weight excluding hydrogens is 328 g/mol. The van der Waals surface area contributed by atoms with Crippen molar-refractivity contribution in [3.63, 3.8) is 0 Å². The number of hydrogen-bond acceptors (Lipinski definition) is 3. The van der Waals surface area contributed by atoms with E-state index in [4.69, 9.17) is 5.73 Å². The molecule has 3 aromatic rings. The minimum Gasteiger partial charge on any atom is -0.377 e. The molecule has 21 heavy (non-hydrogen) atoms. The number of halogens is 1. The van der Waals surface area contributed by atoms with Crippen LogP contribution in [0.25, 0.3) is 16.7 Å². The molecule has 0 radical (unpaired) electrons. The second-order valence-corrected chi connectivity index (χ2v) is 6.22. The molecule has 3 rings (SSSR count). The summed E-state index contributed by atoms with van der Waals surface area (Å²) in [6.45, 7) is 2.10. The quantitative estimate of drug-likeness (QED) is 0.770. The summed E-state index contributed by atoms with van der Waals surface area (Å²) in [6, 6.07) is 12.3. The van der Waals surface area contributed by atoms with Gasteiger partial charge >= 0.3 is 0 Å². The normalized spacial score (nSPS) is 11.0. The maximum atomic E-state index is 6.12. The molecule has 0 fully saturated rings. The van der Waals surface area contributed by atoms with Crippen molar-refractivity contribution in [3.8, 4) is 5.69 Å². The summed E-state index contributed by atoms with van der Waals surface area (Å²) in [5.41, 5.74) is 11.4. The van der Waals surface area contributed by atoms with Crippen molar-refractivity contribution in [2.24, 2.45) is 0 Å². The topological polar surface area (TPSA) is 47.1 Å². The van der Waals surface area contributed by atoms with Crippen LogP contribution in [0.3, 0.4) is 0 Å². The standard InChI is InChI=1S/C16H17BrN4/c1-10-4-6-12(9-15(10)20(2)3)21-14-7-5-11(17)8-13(14)19-16(21)18/h4-9H,1-3H3,(H2,18,19). The van der Waals surface area contributed by atoms with Crippen LogP contribution in [0, 0.1) is 6.92 Å². The largest absolute Gasteiger partial charge is 0.377 e. The lowest BCUT2D eigenvalue weighted by Crippen LogP contribution is -2.11. The second kappa shape index (κ2) is 5.07. The van der Waals surface area contributed by atoms with Gasteiger partial charge in [0.1, 0.15) is 0 Å². The molecule has 2 N–H and O–H groups in total. The van der Waals surface area contributed by atoms with Crippen LogP contribution >= 0.6 is 15.9 Å². The number of benzene rings is 2. The first-order valence-corrected chi connectivity index (χ1v) is 7.48. The number of imidazole rings is 1. The summed E-state index contributed by atoms with van der Waals surface area (Å²) in [5, 5.41) is 0. The predicted molar refractivity (Wildman–Crippen MR) is 92.2 cm³/mol. The van der Waals surface area contributed by atoms with E-state index in [1.807, 2.05) is 36.9 Å². The van der Waals surface area contributed by atoms with E-state index in [0.29, 0.717) is 5.95 Å². The highest BCUT2D eigenvalue weighted by Gasteiger charge is 2.12. The van der Waals surface area contributed by atoms with E-state index >= 15 is 0 Å². The monoisotopic (exact) mass is 344 g/mol. The Morgan fingerprint density at radius 2 is 1.90 bits per heavy atom. The van der Waals surface area contributed by atoms with Crippen LogP contribution in [0.5, 0.6) is 0 Å². The first-order valence-electron chi connectivity index (χ1n) is 6.69. The van der Waals surface area contributed by atoms with Gasteiger partial charge in [-0.1, -0.05) is 22.0 Å². The molecule has 0 atom stereocenters. The van der Waals surface area contributed by atoms with E-state index in [-0.39, 0.29) is 0 Å². The Hall–Kier alpha value is -2.01. The van der Waals surface area contributed by atoms with Gasteiger partial charge < -0.3 is 10.6 Å². The summed E-state index contributed by atoms with van der Waals surface area (Å²) in [7, 11) is 4.08. The lowest BCUT2D eigenvalue weighted by molar-refractivity contribution is 1.08. The zero-order valence-electron chi connectivity index (χ0n) is 12.3. The molecule has 0 aliphatic rings. The van der Waals surface area contributed by atoms with Crippen LogP contribution in [-0.2, 0) is 0 Å². The van der Waals surface area contributed by atoms with Crippen molar-refractivity contribution in [2.45, 2.75) is 6.92 Å². The third kappa shape index (κ3) is 2.38. The molecule has 5 heteroatoms. The highest BCUT2D eigenvalue weighted by Crippen LogP contribution is 2.28. The Kier molecular flexibility index (Phi) is 3.37. The maximum absolute atomic E-state index is 6.12. The molecule has 108 valence electrons. The number of fused-ring (bicyclic) bond motifs is 1. The molecule has 1 aromatic heterocycles. The summed E-state index contributed by atoms with van der Waals surface area (Å²) >= 11 is 3.47. The molecule has 0 aliphatic heterocycles. The van der Waals surface area contributed by atoms with Gasteiger partial charge in [0.15, 0.2) is 0 Å². The van der Waals surface area contributed by atoms with Gasteiger partial charge in [-0.05, 0) is 42.8 Å². The first-order chi connectivity index (χ1) is 9.97. The minimum absolute atomic E-state index is 0.497. The summed E-state index contributed by atoms with van der Waals surface area (Å²) in [6.07, 6.45) is 0. The van der Waals surface area contributed by atoms with Gasteiger partial charge in [-0.2, -0.15) is 0 Å². The van der Waals surface area contributed by atoms with Crippen LogP contribution in [0.15, 0.2) is 40.9 Å². The Labute approximate surface area is 132 Å². The van der Waals surface area contributed by atoms with E-state index in [1.165, 1.54) is 11.3 Å². The van der Waals surface area contributed by atoms with Crippen molar-refractivity contribution < 1.29 is 0 Å². The molecule has 4 nitrogen and oxygen atoms in total. The SMILES string of the molecule is Cc1ccc(-n2c(N)nc3cc(Br)ccc32)cc1N(C)C. The van der Waals surface area contributed by atoms with Gasteiger partial charge in [0.25, 0.3) is 0 Å². The zero-order valence-corrected chi connectivity index (χ0v) is 13.8. The van der Waals surface area contributed by atoms with Gasteiger partial charge in [-0.25, -0.2) is 4.98 Å². The Morgan fingerprint density at radius 3 is 2.62 bits per heavy atom. The van der Waals surface area contributed by atoms with Crippen molar-refractivity contribution >= 4 is 38.6 Å². The first kappa shape index (κ1) is 13.9. The lowest BCUT2D eigenvalue weighted by atomic mass is 10.1. The molecule has 0 saturated carbocycles. The summed E-state index contributed by atoms with van der Waals surface area (Å²) in [4.78, 5) is 6.55. The van der Waals surface area contributed by atoms with E-state index in [2.05, 4.69) is 50.9 Å². The van der Waals surface area contributed by atoms with Gasteiger partial charge in [-0.15, -0.1) is 0 Å². The number of nitrogens with two attached hydrogens (primary N) is 1. The molecular formula is C16H17BrN4. The predicted octanol–water partition coefficient (Wildman–Crippen LogP) is 3.74. The van der Waals surface area contributed by atoms with Gasteiger partial charge in [0.2, 0.25) is 5.95 Å². The zero-order chi connectivity index (χ0) is 15.1. The van der Waals surface area contributed by atoms with E-state index < -0.39 is 0 Å². The van der Waals surface area contributed by atoms with Crippen LogP contribution in [0.2, 0.25) is 0 Å². The van der Waals surface area contributed by atoms with Gasteiger partial charge in [-0.3, -0.25) is 4.57 Å². The molecule has 0 unspecified atom stereocenters. The molecule has 0 aliphatic carbocycles. The van der Waals surface area contributed by atoms with E-state index in [9.17, 15) is 0 Å². The molecule has 0 amide bonds. The second-order valence-electron chi connectivity index (χ2n) is 5.30. The van der Waals surface area contributed by atoms with Crippen molar-refractivity contribution in [1.29, 1.82) is 0 Å². The lowest BCUT2D eigenvalue weighted by Gasteiger charge is -2.17. The minimum atomic E-state index is 0.497. The highest BCUT2D eigenvalue weighted by atomic mass is 79.9. The fraction of sp³-hybridized carbons (Fsp3) is 0.188.